The van der Waals surface area contributed by atoms with Gasteiger partial charge in [-0.05, 0) is 50.1 Å². The zero-order valence-corrected chi connectivity index (χ0v) is 16.6. The zero-order chi connectivity index (χ0) is 21.5. The molecule has 1 heterocycles. The molecule has 0 saturated heterocycles. The molecule has 0 fully saturated rings. The van der Waals surface area contributed by atoms with Gasteiger partial charge in [-0.15, -0.1) is 0 Å². The van der Waals surface area contributed by atoms with Crippen LogP contribution in [-0.4, -0.2) is 27.8 Å². The lowest BCUT2D eigenvalue weighted by Gasteiger charge is -2.07. The van der Waals surface area contributed by atoms with Crippen LogP contribution < -0.4 is 5.69 Å². The Hall–Kier alpha value is -3.53. The number of hydrogen-bond acceptors (Lipinski definition) is 6. The number of carbonyl (C=O) groups is 1. The molecule has 3 aromatic rings. The maximum atomic E-state index is 12.8. The first kappa shape index (κ1) is 20.2. The van der Waals surface area contributed by atoms with Gasteiger partial charge in [0.25, 0.3) is 21.6 Å². The summed E-state index contributed by atoms with van der Waals surface area (Å²) < 4.78 is 26.7. The van der Waals surface area contributed by atoms with Crippen molar-refractivity contribution in [2.75, 3.05) is 0 Å². The van der Waals surface area contributed by atoms with Gasteiger partial charge in [0.05, 0.1) is 9.82 Å². The molecule has 0 N–H and O–H groups in total. The quantitative estimate of drug-likeness (QED) is 0.476. The summed E-state index contributed by atoms with van der Waals surface area (Å²) >= 11 is 0. The van der Waals surface area contributed by atoms with Gasteiger partial charge in [-0.3, -0.25) is 14.9 Å². The highest BCUT2D eigenvalue weighted by atomic mass is 32.2. The van der Waals surface area contributed by atoms with Gasteiger partial charge in [-0.25, -0.2) is 17.8 Å². The lowest BCUT2D eigenvalue weighted by Crippen LogP contribution is -2.32. The monoisotopic (exact) mass is 415 g/mol. The van der Waals surface area contributed by atoms with Gasteiger partial charge in [0.15, 0.2) is 0 Å². The van der Waals surface area contributed by atoms with Crippen LogP contribution >= 0.6 is 0 Å². The van der Waals surface area contributed by atoms with Gasteiger partial charge in [0.2, 0.25) is 0 Å². The number of carbonyl (C=O) groups excluding carboxylic acids is 1. The predicted octanol–water partition coefficient (Wildman–Crippen LogP) is 2.41. The molecule has 2 aromatic carbocycles. The van der Waals surface area contributed by atoms with E-state index in [1.807, 2.05) is 6.92 Å². The summed E-state index contributed by atoms with van der Waals surface area (Å²) in [4.78, 5) is 35.7. The van der Waals surface area contributed by atoms with Crippen molar-refractivity contribution < 1.29 is 18.1 Å². The van der Waals surface area contributed by atoms with E-state index in [9.17, 15) is 28.1 Å². The van der Waals surface area contributed by atoms with Crippen LogP contribution in [0.5, 0.6) is 0 Å². The normalized spacial score (nSPS) is 11.4. The zero-order valence-electron chi connectivity index (χ0n) is 15.8. The SMILES string of the molecule is Cc1ccc(S(=O)(=O)n2ccn(C(=O)c3ccc(C)c([N+](=O)[O-])c3)c2=O)cc1C. The third kappa shape index (κ3) is 3.49. The topological polar surface area (TPSA) is 121 Å². The van der Waals surface area contributed by atoms with Crippen molar-refractivity contribution in [1.82, 2.24) is 8.54 Å². The number of nitro benzene ring substituents is 1. The van der Waals surface area contributed by atoms with E-state index in [0.717, 1.165) is 29.6 Å². The van der Waals surface area contributed by atoms with E-state index in [2.05, 4.69) is 0 Å². The summed E-state index contributed by atoms with van der Waals surface area (Å²) in [7, 11) is -4.21. The number of rotatable bonds is 4. The highest BCUT2D eigenvalue weighted by Crippen LogP contribution is 2.20. The first-order valence-electron chi connectivity index (χ1n) is 8.46. The van der Waals surface area contributed by atoms with Crippen LogP contribution in [-0.2, 0) is 10.0 Å². The van der Waals surface area contributed by atoms with Gasteiger partial charge in [0.1, 0.15) is 0 Å². The minimum Gasteiger partial charge on any atom is -0.268 e. The van der Waals surface area contributed by atoms with Crippen molar-refractivity contribution in [2.45, 2.75) is 25.7 Å². The van der Waals surface area contributed by atoms with Gasteiger partial charge < -0.3 is 0 Å². The number of benzene rings is 2. The Morgan fingerprint density at radius 1 is 0.966 bits per heavy atom. The van der Waals surface area contributed by atoms with E-state index in [0.29, 0.717) is 14.1 Å². The first-order valence-corrected chi connectivity index (χ1v) is 9.90. The van der Waals surface area contributed by atoms with Crippen molar-refractivity contribution in [3.05, 3.63) is 91.6 Å². The van der Waals surface area contributed by atoms with Crippen molar-refractivity contribution in [3.8, 4) is 0 Å². The summed E-state index contributed by atoms with van der Waals surface area (Å²) in [6, 6.07) is 8.23. The summed E-state index contributed by atoms with van der Waals surface area (Å²) in [6.45, 7) is 5.09. The third-order valence-electron chi connectivity index (χ3n) is 4.65. The van der Waals surface area contributed by atoms with Crippen molar-refractivity contribution >= 4 is 21.6 Å². The Bertz CT molecular complexity index is 1320. The average Bonchev–Trinajstić information content (AvgIpc) is 3.05. The molecule has 29 heavy (non-hydrogen) atoms. The molecule has 0 aliphatic carbocycles. The summed E-state index contributed by atoms with van der Waals surface area (Å²) in [6.07, 6.45) is 2.00. The van der Waals surface area contributed by atoms with E-state index in [-0.39, 0.29) is 16.1 Å². The molecule has 0 bridgehead atoms. The molecule has 150 valence electrons. The third-order valence-corrected chi connectivity index (χ3v) is 6.30. The standard InChI is InChI=1S/C19H17N3O6S/c1-12-5-7-16(10-14(12)3)29(27,28)21-9-8-20(19(21)24)18(23)15-6-4-13(2)17(11-15)22(25)26/h4-11H,1-3H3. The summed E-state index contributed by atoms with van der Waals surface area (Å²) in [5.41, 5.74) is 0.522. The average molecular weight is 415 g/mol. The number of aryl methyl sites for hydroxylation is 3. The maximum absolute atomic E-state index is 12.8. The van der Waals surface area contributed by atoms with Crippen LogP contribution in [0.1, 0.15) is 27.0 Å². The molecule has 9 nitrogen and oxygen atoms in total. The van der Waals surface area contributed by atoms with Gasteiger partial charge >= 0.3 is 5.69 Å². The second kappa shape index (κ2) is 7.13. The van der Waals surface area contributed by atoms with E-state index in [4.69, 9.17) is 0 Å². The van der Waals surface area contributed by atoms with E-state index < -0.39 is 26.5 Å². The molecule has 0 radical (unpaired) electrons. The summed E-state index contributed by atoms with van der Waals surface area (Å²) in [5, 5.41) is 11.1. The number of imidazole rings is 1. The largest absolute Gasteiger partial charge is 0.349 e. The fourth-order valence-electron chi connectivity index (χ4n) is 2.76. The van der Waals surface area contributed by atoms with Crippen LogP contribution in [0.25, 0.3) is 0 Å². The molecule has 1 aromatic heterocycles. The number of nitro groups is 1. The van der Waals surface area contributed by atoms with Crippen LogP contribution in [0.3, 0.4) is 0 Å². The van der Waals surface area contributed by atoms with Crippen LogP contribution in [0.4, 0.5) is 5.69 Å². The Morgan fingerprint density at radius 2 is 1.62 bits per heavy atom. The minimum absolute atomic E-state index is 0.0844. The fraction of sp³-hybridized carbons (Fsp3) is 0.158. The lowest BCUT2D eigenvalue weighted by atomic mass is 10.1. The highest BCUT2D eigenvalue weighted by Gasteiger charge is 2.24. The second-order valence-electron chi connectivity index (χ2n) is 6.56. The molecule has 0 aliphatic heterocycles. The van der Waals surface area contributed by atoms with Crippen LogP contribution in [0, 0.1) is 30.9 Å². The molecule has 0 atom stereocenters. The second-order valence-corrected chi connectivity index (χ2v) is 8.38. The fourth-order valence-corrected chi connectivity index (χ4v) is 4.07. The van der Waals surface area contributed by atoms with Crippen molar-refractivity contribution in [3.63, 3.8) is 0 Å². The van der Waals surface area contributed by atoms with Crippen molar-refractivity contribution in [1.29, 1.82) is 0 Å². The molecule has 3 rings (SSSR count). The smallest absolute Gasteiger partial charge is 0.268 e. The molecular formula is C19H17N3O6S. The first-order chi connectivity index (χ1) is 13.5. The molecule has 0 unspecified atom stereocenters. The Labute approximate surface area is 166 Å². The number of aromatic nitrogens is 2. The van der Waals surface area contributed by atoms with Gasteiger partial charge in [-0.1, -0.05) is 12.1 Å². The Balaban J connectivity index is 2.07. The number of nitrogens with zero attached hydrogens (tertiary/aromatic N) is 3. The molecule has 10 heteroatoms. The molecular weight excluding hydrogens is 398 g/mol. The molecule has 0 amide bonds. The molecule has 0 saturated carbocycles. The van der Waals surface area contributed by atoms with Gasteiger partial charge in [0, 0.05) is 29.6 Å². The Kier molecular flexibility index (Phi) is 4.97. The lowest BCUT2D eigenvalue weighted by molar-refractivity contribution is -0.385. The van der Waals surface area contributed by atoms with Crippen LogP contribution in [0.2, 0.25) is 0 Å². The molecule has 0 spiro atoms. The van der Waals surface area contributed by atoms with Crippen molar-refractivity contribution in [2.24, 2.45) is 0 Å². The van der Waals surface area contributed by atoms with E-state index in [1.165, 1.54) is 31.2 Å². The summed E-state index contributed by atoms with van der Waals surface area (Å²) in [5.74, 6) is -0.868. The minimum atomic E-state index is -4.21. The maximum Gasteiger partial charge on any atom is 0.349 e. The Morgan fingerprint density at radius 3 is 2.24 bits per heavy atom. The van der Waals surface area contributed by atoms with Crippen LogP contribution in [0.15, 0.2) is 58.5 Å². The highest BCUT2D eigenvalue weighted by molar-refractivity contribution is 7.90. The van der Waals surface area contributed by atoms with E-state index >= 15 is 0 Å². The predicted molar refractivity (Wildman–Crippen MR) is 105 cm³/mol. The van der Waals surface area contributed by atoms with Gasteiger partial charge in [-0.2, -0.15) is 3.97 Å². The molecule has 0 aliphatic rings. The number of hydrogen-bond donors (Lipinski definition) is 0. The van der Waals surface area contributed by atoms with E-state index in [1.54, 1.807) is 13.0 Å².